The minimum atomic E-state index is -0.157. The van der Waals surface area contributed by atoms with Gasteiger partial charge in [0.1, 0.15) is 5.75 Å². The van der Waals surface area contributed by atoms with E-state index >= 15 is 0 Å². The number of urea groups is 1. The standard InChI is InChI=1S/C20H25N3O2.ClH/c1-25-19-10-6-16(7-11-19)15-4-8-18(9-5-15)23-20(24)22-14-12-17-3-2-13-21-17;/h4-11,17,21H,2-3,12-14H2,1H3,(H2,22,23,24);1H/t17-;/m1./s1. The van der Waals surface area contributed by atoms with E-state index in [4.69, 9.17) is 4.74 Å². The summed E-state index contributed by atoms with van der Waals surface area (Å²) in [4.78, 5) is 12.0. The molecule has 0 bridgehead atoms. The van der Waals surface area contributed by atoms with Crippen molar-refractivity contribution in [2.75, 3.05) is 25.5 Å². The zero-order valence-corrected chi connectivity index (χ0v) is 15.8. The largest absolute Gasteiger partial charge is 0.497 e. The van der Waals surface area contributed by atoms with Crippen molar-refractivity contribution < 1.29 is 9.53 Å². The van der Waals surface area contributed by atoms with Gasteiger partial charge in [0.05, 0.1) is 7.11 Å². The monoisotopic (exact) mass is 375 g/mol. The van der Waals surface area contributed by atoms with Crippen LogP contribution in [0.1, 0.15) is 19.3 Å². The van der Waals surface area contributed by atoms with Gasteiger partial charge in [0.15, 0.2) is 0 Å². The van der Waals surface area contributed by atoms with E-state index in [1.54, 1.807) is 7.11 Å². The molecule has 1 heterocycles. The average molecular weight is 376 g/mol. The van der Waals surface area contributed by atoms with Crippen molar-refractivity contribution in [2.45, 2.75) is 25.3 Å². The Morgan fingerprint density at radius 3 is 2.35 bits per heavy atom. The first kappa shape index (κ1) is 20.1. The van der Waals surface area contributed by atoms with Gasteiger partial charge in [-0.15, -0.1) is 12.4 Å². The second-order valence-electron chi connectivity index (χ2n) is 6.27. The molecule has 1 atom stereocenters. The minimum absolute atomic E-state index is 0. The summed E-state index contributed by atoms with van der Waals surface area (Å²) in [6.07, 6.45) is 3.41. The number of carbonyl (C=O) groups excluding carboxylic acids is 1. The number of anilines is 1. The smallest absolute Gasteiger partial charge is 0.319 e. The lowest BCUT2D eigenvalue weighted by molar-refractivity contribution is 0.251. The highest BCUT2D eigenvalue weighted by Crippen LogP contribution is 2.23. The highest BCUT2D eigenvalue weighted by molar-refractivity contribution is 5.89. The fourth-order valence-electron chi connectivity index (χ4n) is 3.07. The molecule has 0 radical (unpaired) electrons. The van der Waals surface area contributed by atoms with Crippen LogP contribution in [0.15, 0.2) is 48.5 Å². The summed E-state index contributed by atoms with van der Waals surface area (Å²) in [5, 5.41) is 9.22. The maximum atomic E-state index is 12.0. The van der Waals surface area contributed by atoms with E-state index in [0.717, 1.165) is 35.5 Å². The van der Waals surface area contributed by atoms with Crippen molar-refractivity contribution in [2.24, 2.45) is 0 Å². The molecular weight excluding hydrogens is 350 g/mol. The van der Waals surface area contributed by atoms with Gasteiger partial charge in [-0.3, -0.25) is 0 Å². The number of carbonyl (C=O) groups is 1. The molecule has 0 aromatic heterocycles. The second-order valence-corrected chi connectivity index (χ2v) is 6.27. The van der Waals surface area contributed by atoms with Gasteiger partial charge in [-0.05, 0) is 61.2 Å². The first-order chi connectivity index (χ1) is 12.2. The second kappa shape index (κ2) is 10.0. The number of hydrogen-bond donors (Lipinski definition) is 3. The normalized spacial score (nSPS) is 15.8. The average Bonchev–Trinajstić information content (AvgIpc) is 3.16. The molecule has 1 aliphatic rings. The van der Waals surface area contributed by atoms with Crippen LogP contribution in [-0.4, -0.2) is 32.3 Å². The minimum Gasteiger partial charge on any atom is -0.497 e. The summed E-state index contributed by atoms with van der Waals surface area (Å²) in [6, 6.07) is 16.1. The summed E-state index contributed by atoms with van der Waals surface area (Å²) in [5.41, 5.74) is 3.00. The predicted molar refractivity (Wildman–Crippen MR) is 108 cm³/mol. The van der Waals surface area contributed by atoms with Crippen molar-refractivity contribution >= 4 is 24.1 Å². The number of halogens is 1. The van der Waals surface area contributed by atoms with Gasteiger partial charge in [0.2, 0.25) is 0 Å². The van der Waals surface area contributed by atoms with Gasteiger partial charge in [-0.25, -0.2) is 4.79 Å². The molecule has 0 unspecified atom stereocenters. The van der Waals surface area contributed by atoms with Gasteiger partial charge in [0, 0.05) is 18.3 Å². The zero-order valence-electron chi connectivity index (χ0n) is 15.0. The van der Waals surface area contributed by atoms with E-state index in [2.05, 4.69) is 16.0 Å². The molecule has 140 valence electrons. The molecule has 3 N–H and O–H groups in total. The van der Waals surface area contributed by atoms with Gasteiger partial charge in [-0.1, -0.05) is 24.3 Å². The lowest BCUT2D eigenvalue weighted by Crippen LogP contribution is -2.33. The number of amides is 2. The lowest BCUT2D eigenvalue weighted by atomic mass is 10.1. The highest BCUT2D eigenvalue weighted by atomic mass is 35.5. The van der Waals surface area contributed by atoms with E-state index < -0.39 is 0 Å². The predicted octanol–water partition coefficient (Wildman–Crippen LogP) is 4.05. The Morgan fingerprint density at radius 1 is 1.12 bits per heavy atom. The quantitative estimate of drug-likeness (QED) is 0.713. The van der Waals surface area contributed by atoms with Crippen LogP contribution in [0.5, 0.6) is 5.75 Å². The topological polar surface area (TPSA) is 62.4 Å². The van der Waals surface area contributed by atoms with Crippen molar-refractivity contribution in [3.05, 3.63) is 48.5 Å². The Kier molecular flexibility index (Phi) is 7.75. The molecule has 2 aromatic rings. The fraction of sp³-hybridized carbons (Fsp3) is 0.350. The Morgan fingerprint density at radius 2 is 1.77 bits per heavy atom. The number of methoxy groups -OCH3 is 1. The molecule has 6 heteroatoms. The summed E-state index contributed by atoms with van der Waals surface area (Å²) >= 11 is 0. The maximum absolute atomic E-state index is 12.0. The number of rotatable bonds is 6. The fourth-order valence-corrected chi connectivity index (χ4v) is 3.07. The zero-order chi connectivity index (χ0) is 17.5. The third-order valence-corrected chi connectivity index (χ3v) is 4.51. The lowest BCUT2D eigenvalue weighted by Gasteiger charge is -2.12. The van der Waals surface area contributed by atoms with Crippen molar-refractivity contribution in [3.63, 3.8) is 0 Å². The molecule has 0 saturated carbocycles. The van der Waals surface area contributed by atoms with Gasteiger partial charge >= 0.3 is 6.03 Å². The van der Waals surface area contributed by atoms with Crippen LogP contribution in [0.2, 0.25) is 0 Å². The third kappa shape index (κ3) is 5.64. The van der Waals surface area contributed by atoms with Crippen LogP contribution < -0.4 is 20.7 Å². The molecule has 5 nitrogen and oxygen atoms in total. The van der Waals surface area contributed by atoms with E-state index in [0.29, 0.717) is 12.6 Å². The Hall–Kier alpha value is -2.24. The van der Waals surface area contributed by atoms with Gasteiger partial charge in [-0.2, -0.15) is 0 Å². The number of nitrogens with one attached hydrogen (secondary N) is 3. The molecule has 3 rings (SSSR count). The molecule has 1 fully saturated rings. The number of ether oxygens (including phenoxy) is 1. The van der Waals surface area contributed by atoms with E-state index in [9.17, 15) is 4.79 Å². The summed E-state index contributed by atoms with van der Waals surface area (Å²) in [6.45, 7) is 1.78. The summed E-state index contributed by atoms with van der Waals surface area (Å²) in [7, 11) is 1.66. The highest BCUT2D eigenvalue weighted by Gasteiger charge is 2.13. The maximum Gasteiger partial charge on any atom is 0.319 e. The van der Waals surface area contributed by atoms with Crippen LogP contribution in [-0.2, 0) is 0 Å². The van der Waals surface area contributed by atoms with Crippen LogP contribution in [0, 0.1) is 0 Å². The van der Waals surface area contributed by atoms with Crippen LogP contribution in [0.25, 0.3) is 11.1 Å². The van der Waals surface area contributed by atoms with E-state index in [1.165, 1.54) is 12.8 Å². The number of hydrogen-bond acceptors (Lipinski definition) is 3. The van der Waals surface area contributed by atoms with Crippen molar-refractivity contribution in [1.29, 1.82) is 0 Å². The molecule has 2 aromatic carbocycles. The van der Waals surface area contributed by atoms with Crippen LogP contribution in [0.3, 0.4) is 0 Å². The Labute approximate surface area is 160 Å². The van der Waals surface area contributed by atoms with Crippen molar-refractivity contribution in [3.8, 4) is 16.9 Å². The first-order valence-corrected chi connectivity index (χ1v) is 8.77. The van der Waals surface area contributed by atoms with Crippen molar-refractivity contribution in [1.82, 2.24) is 10.6 Å². The molecule has 1 saturated heterocycles. The molecular formula is C20H26ClN3O2. The molecule has 0 aliphatic carbocycles. The van der Waals surface area contributed by atoms with Crippen LogP contribution in [0.4, 0.5) is 10.5 Å². The van der Waals surface area contributed by atoms with Crippen LogP contribution >= 0.6 is 12.4 Å². The SMILES string of the molecule is COc1ccc(-c2ccc(NC(=O)NCC[C@H]3CCCN3)cc2)cc1.Cl. The Bertz CT molecular complexity index is 683. The molecule has 1 aliphatic heterocycles. The number of benzene rings is 2. The van der Waals surface area contributed by atoms with E-state index in [1.807, 2.05) is 48.5 Å². The first-order valence-electron chi connectivity index (χ1n) is 8.77. The molecule has 0 spiro atoms. The molecule has 2 amide bonds. The summed E-state index contributed by atoms with van der Waals surface area (Å²) < 4.78 is 5.17. The third-order valence-electron chi connectivity index (χ3n) is 4.51. The van der Waals surface area contributed by atoms with E-state index in [-0.39, 0.29) is 18.4 Å². The van der Waals surface area contributed by atoms with Gasteiger partial charge < -0.3 is 20.7 Å². The van der Waals surface area contributed by atoms with Gasteiger partial charge in [0.25, 0.3) is 0 Å². The molecule has 26 heavy (non-hydrogen) atoms. The Balaban J connectivity index is 0.00000243. The summed E-state index contributed by atoms with van der Waals surface area (Å²) in [5.74, 6) is 0.839.